The highest BCUT2D eigenvalue weighted by molar-refractivity contribution is 8.01. The first-order chi connectivity index (χ1) is 16.2. The van der Waals surface area contributed by atoms with Gasteiger partial charge in [0, 0.05) is 5.69 Å². The molecule has 0 saturated heterocycles. The molecule has 0 fully saturated rings. The zero-order valence-corrected chi connectivity index (χ0v) is 19.6. The molecule has 0 atom stereocenters. The van der Waals surface area contributed by atoms with Crippen LogP contribution in [-0.2, 0) is 22.2 Å². The maximum absolute atomic E-state index is 12.6. The minimum atomic E-state index is -4.44. The van der Waals surface area contributed by atoms with Gasteiger partial charge in [0.1, 0.15) is 0 Å². The minimum absolute atomic E-state index is 0.0325. The molecule has 2 N–H and O–H groups in total. The predicted octanol–water partition coefficient (Wildman–Crippen LogP) is 4.49. The summed E-state index contributed by atoms with van der Waals surface area (Å²) in [5.41, 5.74) is 0.169. The lowest BCUT2D eigenvalue weighted by Gasteiger charge is -2.09. The lowest BCUT2D eigenvalue weighted by molar-refractivity contribution is -0.137. The van der Waals surface area contributed by atoms with Crippen molar-refractivity contribution in [2.75, 3.05) is 30.6 Å². The SMILES string of the molecule is COc1ccc(CC(=O)Nc2nnc(SCC(=O)Nc3ccc(C(F)(F)F)cc3)s2)cc1OC. The van der Waals surface area contributed by atoms with Gasteiger partial charge < -0.3 is 20.1 Å². The van der Waals surface area contributed by atoms with Gasteiger partial charge in [0.2, 0.25) is 16.9 Å². The van der Waals surface area contributed by atoms with Crippen molar-refractivity contribution in [2.45, 2.75) is 16.9 Å². The van der Waals surface area contributed by atoms with Crippen molar-refractivity contribution in [3.63, 3.8) is 0 Å². The summed E-state index contributed by atoms with van der Waals surface area (Å²) in [5, 5.41) is 13.2. The standard InChI is InChI=1S/C21H19F3N4O4S2/c1-31-15-8-3-12(9-16(15)32-2)10-17(29)26-19-27-28-20(34-19)33-11-18(30)25-14-6-4-13(5-7-14)21(22,23)24/h3-9H,10-11H2,1-2H3,(H,25,30)(H,26,27,29). The average Bonchev–Trinajstić information content (AvgIpc) is 3.24. The second kappa shape index (κ2) is 11.2. The first-order valence-electron chi connectivity index (χ1n) is 9.62. The summed E-state index contributed by atoms with van der Waals surface area (Å²) in [5.74, 6) is 0.311. The number of thioether (sulfide) groups is 1. The zero-order valence-electron chi connectivity index (χ0n) is 17.9. The van der Waals surface area contributed by atoms with Crippen molar-refractivity contribution in [3.8, 4) is 11.5 Å². The van der Waals surface area contributed by atoms with Gasteiger partial charge in [0.15, 0.2) is 15.8 Å². The van der Waals surface area contributed by atoms with Crippen molar-refractivity contribution in [3.05, 3.63) is 53.6 Å². The van der Waals surface area contributed by atoms with Crippen LogP contribution in [-0.4, -0.2) is 42.0 Å². The van der Waals surface area contributed by atoms with Gasteiger partial charge in [0.05, 0.1) is 32.0 Å². The number of rotatable bonds is 9. The Morgan fingerprint density at radius 2 is 1.68 bits per heavy atom. The topological polar surface area (TPSA) is 102 Å². The number of hydrogen-bond acceptors (Lipinski definition) is 8. The minimum Gasteiger partial charge on any atom is -0.493 e. The Balaban J connectivity index is 1.47. The number of ether oxygens (including phenoxy) is 2. The lowest BCUT2D eigenvalue weighted by Crippen LogP contribution is -2.14. The molecule has 3 aromatic rings. The molecule has 0 unspecified atom stereocenters. The van der Waals surface area contributed by atoms with E-state index in [1.807, 2.05) is 0 Å². The fraction of sp³-hybridized carbons (Fsp3) is 0.238. The van der Waals surface area contributed by atoms with Crippen molar-refractivity contribution < 1.29 is 32.2 Å². The van der Waals surface area contributed by atoms with Crippen LogP contribution in [0.5, 0.6) is 11.5 Å². The average molecular weight is 513 g/mol. The van der Waals surface area contributed by atoms with E-state index in [9.17, 15) is 22.8 Å². The van der Waals surface area contributed by atoms with Crippen molar-refractivity contribution >= 4 is 45.7 Å². The molecule has 0 aliphatic carbocycles. The van der Waals surface area contributed by atoms with Gasteiger partial charge in [-0.05, 0) is 42.0 Å². The van der Waals surface area contributed by atoms with Crippen LogP contribution in [0.4, 0.5) is 24.0 Å². The summed E-state index contributed by atoms with van der Waals surface area (Å²) < 4.78 is 48.6. The lowest BCUT2D eigenvalue weighted by atomic mass is 10.1. The highest BCUT2D eigenvalue weighted by Crippen LogP contribution is 2.30. The summed E-state index contributed by atoms with van der Waals surface area (Å²) >= 11 is 2.18. The summed E-state index contributed by atoms with van der Waals surface area (Å²) in [4.78, 5) is 24.4. The third-order valence-corrected chi connectivity index (χ3v) is 6.26. The number of benzene rings is 2. The summed E-state index contributed by atoms with van der Waals surface area (Å²) in [6.45, 7) is 0. The summed E-state index contributed by atoms with van der Waals surface area (Å²) in [7, 11) is 3.03. The van der Waals surface area contributed by atoms with Gasteiger partial charge in [0.25, 0.3) is 0 Å². The summed E-state index contributed by atoms with van der Waals surface area (Å²) in [6, 6.07) is 9.31. The van der Waals surface area contributed by atoms with Crippen LogP contribution in [0.1, 0.15) is 11.1 Å². The second-order valence-corrected chi connectivity index (χ2v) is 8.90. The van der Waals surface area contributed by atoms with Gasteiger partial charge in [-0.2, -0.15) is 13.2 Å². The van der Waals surface area contributed by atoms with Crippen LogP contribution < -0.4 is 20.1 Å². The normalized spacial score (nSPS) is 11.1. The molecule has 8 nitrogen and oxygen atoms in total. The molecule has 180 valence electrons. The first kappa shape index (κ1) is 25.3. The molecule has 2 amide bonds. The van der Waals surface area contributed by atoms with Crippen LogP contribution in [0.2, 0.25) is 0 Å². The number of aromatic nitrogens is 2. The zero-order chi connectivity index (χ0) is 24.7. The van der Waals surface area contributed by atoms with E-state index in [0.717, 1.165) is 35.2 Å². The van der Waals surface area contributed by atoms with Gasteiger partial charge in [-0.1, -0.05) is 29.2 Å². The van der Waals surface area contributed by atoms with Crippen molar-refractivity contribution in [1.82, 2.24) is 10.2 Å². The molecular weight excluding hydrogens is 493 g/mol. The maximum Gasteiger partial charge on any atom is 0.416 e. The highest BCUT2D eigenvalue weighted by Gasteiger charge is 2.30. The summed E-state index contributed by atoms with van der Waals surface area (Å²) in [6.07, 6.45) is -4.36. The maximum atomic E-state index is 12.6. The Bertz CT molecular complexity index is 1150. The Kier molecular flexibility index (Phi) is 8.34. The third-order valence-electron chi connectivity index (χ3n) is 4.29. The van der Waals surface area contributed by atoms with E-state index in [2.05, 4.69) is 20.8 Å². The molecular formula is C21H19F3N4O4S2. The number of methoxy groups -OCH3 is 2. The third kappa shape index (κ3) is 7.09. The van der Waals surface area contributed by atoms with E-state index in [1.54, 1.807) is 18.2 Å². The quantitative estimate of drug-likeness (QED) is 0.322. The molecule has 3 rings (SSSR count). The molecule has 0 aliphatic rings. The number of amides is 2. The number of carbonyl (C=O) groups excluding carboxylic acids is 2. The number of nitrogens with one attached hydrogen (secondary N) is 2. The molecule has 0 bridgehead atoms. The molecule has 0 saturated carbocycles. The molecule has 1 aromatic heterocycles. The van der Waals surface area contributed by atoms with Crippen LogP contribution in [0.3, 0.4) is 0 Å². The molecule has 34 heavy (non-hydrogen) atoms. The molecule has 0 aliphatic heterocycles. The molecule has 13 heteroatoms. The van der Waals surface area contributed by atoms with E-state index in [4.69, 9.17) is 9.47 Å². The van der Waals surface area contributed by atoms with Crippen molar-refractivity contribution in [1.29, 1.82) is 0 Å². The van der Waals surface area contributed by atoms with Crippen LogP contribution in [0, 0.1) is 0 Å². The fourth-order valence-electron chi connectivity index (χ4n) is 2.72. The van der Waals surface area contributed by atoms with E-state index >= 15 is 0 Å². The van der Waals surface area contributed by atoms with Gasteiger partial charge >= 0.3 is 6.18 Å². The van der Waals surface area contributed by atoms with Crippen LogP contribution >= 0.6 is 23.1 Å². The van der Waals surface area contributed by atoms with E-state index in [0.29, 0.717) is 21.4 Å². The molecule has 0 radical (unpaired) electrons. The molecule has 1 heterocycles. The predicted molar refractivity (Wildman–Crippen MR) is 123 cm³/mol. The second-order valence-electron chi connectivity index (χ2n) is 6.70. The number of nitrogens with zero attached hydrogens (tertiary/aromatic N) is 2. The van der Waals surface area contributed by atoms with Crippen LogP contribution in [0.15, 0.2) is 46.8 Å². The van der Waals surface area contributed by atoms with Crippen LogP contribution in [0.25, 0.3) is 0 Å². The van der Waals surface area contributed by atoms with Gasteiger partial charge in [-0.25, -0.2) is 0 Å². The Hall–Kier alpha value is -3.32. The Morgan fingerprint density at radius 1 is 0.971 bits per heavy atom. The Labute approximate surface area is 200 Å². The van der Waals surface area contributed by atoms with E-state index in [-0.39, 0.29) is 28.9 Å². The Morgan fingerprint density at radius 3 is 2.32 bits per heavy atom. The van der Waals surface area contributed by atoms with Crippen molar-refractivity contribution in [2.24, 2.45) is 0 Å². The molecule has 2 aromatic carbocycles. The van der Waals surface area contributed by atoms with E-state index in [1.165, 1.54) is 26.4 Å². The van der Waals surface area contributed by atoms with Gasteiger partial charge in [-0.15, -0.1) is 10.2 Å². The number of halogens is 3. The smallest absolute Gasteiger partial charge is 0.416 e. The first-order valence-corrected chi connectivity index (χ1v) is 11.4. The van der Waals surface area contributed by atoms with E-state index < -0.39 is 17.6 Å². The monoisotopic (exact) mass is 512 g/mol. The fourth-order valence-corrected chi connectivity index (χ4v) is 4.29. The van der Waals surface area contributed by atoms with Gasteiger partial charge in [-0.3, -0.25) is 9.59 Å². The largest absolute Gasteiger partial charge is 0.493 e. The number of anilines is 2. The number of hydrogen-bond donors (Lipinski definition) is 2. The number of alkyl halides is 3. The highest BCUT2D eigenvalue weighted by atomic mass is 32.2. The molecule has 0 spiro atoms. The number of carbonyl (C=O) groups is 2.